The number of methoxy groups -OCH3 is 1. The molecule has 0 spiro atoms. The molecule has 0 saturated carbocycles. The lowest BCUT2D eigenvalue weighted by molar-refractivity contribution is -0.136. The summed E-state index contributed by atoms with van der Waals surface area (Å²) in [6.45, 7) is 4.60. The van der Waals surface area contributed by atoms with Crippen molar-refractivity contribution < 1.29 is 28.6 Å². The largest absolute Gasteiger partial charge is 0.496 e. The molecular formula is C29H31N3O6. The van der Waals surface area contributed by atoms with Gasteiger partial charge in [-0.3, -0.25) is 9.59 Å². The minimum Gasteiger partial charge on any atom is -0.496 e. The molecule has 2 aromatic heterocycles. The number of carboxylic acids is 1. The Morgan fingerprint density at radius 2 is 1.89 bits per heavy atom. The fourth-order valence-corrected chi connectivity index (χ4v) is 3.85. The zero-order chi connectivity index (χ0) is 27.1. The Balaban J connectivity index is 1.39. The third-order valence-corrected chi connectivity index (χ3v) is 6.08. The van der Waals surface area contributed by atoms with Crippen molar-refractivity contribution in [2.75, 3.05) is 25.6 Å². The maximum atomic E-state index is 12.1. The molecular weight excluding hydrogens is 486 g/mol. The number of fused-ring (bicyclic) bond motifs is 1. The summed E-state index contributed by atoms with van der Waals surface area (Å²) in [5.41, 5.74) is 2.01. The number of benzene rings is 2. The van der Waals surface area contributed by atoms with Crippen LogP contribution in [0.2, 0.25) is 0 Å². The molecule has 2 aromatic carbocycles. The summed E-state index contributed by atoms with van der Waals surface area (Å²) in [7, 11) is 1.62. The average Bonchev–Trinajstić information content (AvgIpc) is 3.35. The molecule has 3 N–H and O–H groups in total. The second-order valence-corrected chi connectivity index (χ2v) is 9.15. The molecule has 0 radical (unpaired) electrons. The van der Waals surface area contributed by atoms with Crippen molar-refractivity contribution in [3.63, 3.8) is 0 Å². The number of ether oxygens (including phenoxy) is 2. The number of aliphatic carboxylic acids is 1. The molecule has 0 aliphatic carbocycles. The van der Waals surface area contributed by atoms with E-state index >= 15 is 0 Å². The van der Waals surface area contributed by atoms with Crippen LogP contribution in [0.3, 0.4) is 0 Å². The first-order valence-corrected chi connectivity index (χ1v) is 12.4. The zero-order valence-electron chi connectivity index (χ0n) is 21.6. The van der Waals surface area contributed by atoms with Gasteiger partial charge in [-0.1, -0.05) is 32.0 Å². The highest BCUT2D eigenvalue weighted by Gasteiger charge is 2.17. The number of pyridine rings is 1. The number of amides is 1. The van der Waals surface area contributed by atoms with Crippen LogP contribution >= 0.6 is 0 Å². The van der Waals surface area contributed by atoms with Gasteiger partial charge in [0.2, 0.25) is 0 Å². The number of aromatic nitrogens is 1. The summed E-state index contributed by atoms with van der Waals surface area (Å²) in [6, 6.07) is 18.8. The minimum absolute atomic E-state index is 0.0567. The molecule has 0 bridgehead atoms. The Labute approximate surface area is 220 Å². The number of para-hydroxylation sites is 1. The molecule has 0 aliphatic heterocycles. The molecule has 0 fully saturated rings. The molecule has 9 nitrogen and oxygen atoms in total. The summed E-state index contributed by atoms with van der Waals surface area (Å²) in [5.74, 6) is 1.53. The van der Waals surface area contributed by atoms with Gasteiger partial charge < -0.3 is 29.6 Å². The highest BCUT2D eigenvalue weighted by atomic mass is 16.5. The summed E-state index contributed by atoms with van der Waals surface area (Å²) in [6.07, 6.45) is 1.32. The molecule has 9 heteroatoms. The first-order valence-electron chi connectivity index (χ1n) is 12.4. The number of hydrogen-bond donors (Lipinski definition) is 3. The molecule has 38 heavy (non-hydrogen) atoms. The normalized spacial score (nSPS) is 11.8. The van der Waals surface area contributed by atoms with Crippen LogP contribution < -0.4 is 20.1 Å². The Hall–Kier alpha value is -4.53. The number of nitrogens with zero attached hydrogens (tertiary/aromatic N) is 1. The van der Waals surface area contributed by atoms with E-state index in [0.29, 0.717) is 29.5 Å². The van der Waals surface area contributed by atoms with E-state index in [9.17, 15) is 9.59 Å². The van der Waals surface area contributed by atoms with Crippen LogP contribution in [0.4, 0.5) is 5.82 Å². The quantitative estimate of drug-likeness (QED) is 0.234. The lowest BCUT2D eigenvalue weighted by Gasteiger charge is -2.23. The van der Waals surface area contributed by atoms with Gasteiger partial charge in [0, 0.05) is 24.2 Å². The standard InChI is InChI=1S/C29H31N3O6/c1-18(2)23(32-27-11-8-20(16-31-27)29(35)30-13-12-28(33)34)17-37-21-9-10-22(25(15-21)36-3)26-14-19-6-4-5-7-24(19)38-26/h4-11,14-16,18,23H,12-13,17H2,1-3H3,(H,30,35)(H,31,32)(H,33,34). The first-order chi connectivity index (χ1) is 18.3. The third kappa shape index (κ3) is 6.61. The number of rotatable bonds is 12. The molecule has 0 saturated heterocycles. The van der Waals surface area contributed by atoms with Gasteiger partial charge in [0.05, 0.1) is 30.7 Å². The molecule has 1 atom stereocenters. The lowest BCUT2D eigenvalue weighted by Crippen LogP contribution is -2.32. The van der Waals surface area contributed by atoms with E-state index in [-0.39, 0.29) is 30.8 Å². The van der Waals surface area contributed by atoms with Crippen LogP contribution in [0, 0.1) is 5.92 Å². The second kappa shape index (κ2) is 12.1. The summed E-state index contributed by atoms with van der Waals surface area (Å²) >= 11 is 0. The highest BCUT2D eigenvalue weighted by molar-refractivity contribution is 5.94. The average molecular weight is 518 g/mol. The van der Waals surface area contributed by atoms with Crippen molar-refractivity contribution in [1.29, 1.82) is 0 Å². The van der Waals surface area contributed by atoms with Crippen LogP contribution in [0.5, 0.6) is 11.5 Å². The SMILES string of the molecule is COc1cc(OCC(Nc2ccc(C(=O)NCCC(=O)O)cn2)C(C)C)ccc1-c1cc2ccccc2o1. The number of carbonyl (C=O) groups excluding carboxylic acids is 1. The predicted molar refractivity (Wildman–Crippen MR) is 145 cm³/mol. The number of hydrogen-bond acceptors (Lipinski definition) is 7. The number of carboxylic acid groups (broad SMARTS) is 1. The van der Waals surface area contributed by atoms with Crippen LogP contribution in [-0.2, 0) is 4.79 Å². The molecule has 0 aliphatic rings. The van der Waals surface area contributed by atoms with E-state index in [2.05, 4.69) is 29.5 Å². The minimum atomic E-state index is -0.967. The van der Waals surface area contributed by atoms with Crippen LogP contribution in [-0.4, -0.2) is 48.3 Å². The van der Waals surface area contributed by atoms with E-state index in [1.54, 1.807) is 19.2 Å². The Bertz CT molecular complexity index is 1360. The smallest absolute Gasteiger partial charge is 0.305 e. The van der Waals surface area contributed by atoms with Crippen molar-refractivity contribution in [2.24, 2.45) is 5.92 Å². The van der Waals surface area contributed by atoms with Crippen molar-refractivity contribution in [3.05, 3.63) is 72.4 Å². The van der Waals surface area contributed by atoms with Gasteiger partial charge in [-0.15, -0.1) is 0 Å². The van der Waals surface area contributed by atoms with Gasteiger partial charge in [-0.2, -0.15) is 0 Å². The number of carbonyl (C=O) groups is 2. The van der Waals surface area contributed by atoms with Crippen LogP contribution in [0.15, 0.2) is 71.3 Å². The van der Waals surface area contributed by atoms with Gasteiger partial charge in [0.1, 0.15) is 35.3 Å². The van der Waals surface area contributed by atoms with Gasteiger partial charge in [0.15, 0.2) is 0 Å². The number of furan rings is 1. The third-order valence-electron chi connectivity index (χ3n) is 6.08. The predicted octanol–water partition coefficient (Wildman–Crippen LogP) is 5.22. The summed E-state index contributed by atoms with van der Waals surface area (Å²) < 4.78 is 17.7. The van der Waals surface area contributed by atoms with E-state index in [1.165, 1.54) is 6.20 Å². The van der Waals surface area contributed by atoms with Crippen molar-refractivity contribution in [1.82, 2.24) is 10.3 Å². The maximum absolute atomic E-state index is 12.1. The Morgan fingerprint density at radius 1 is 1.08 bits per heavy atom. The monoisotopic (exact) mass is 517 g/mol. The Morgan fingerprint density at radius 3 is 2.58 bits per heavy atom. The van der Waals surface area contributed by atoms with Crippen LogP contribution in [0.25, 0.3) is 22.3 Å². The lowest BCUT2D eigenvalue weighted by atomic mass is 10.1. The zero-order valence-corrected chi connectivity index (χ0v) is 21.6. The van der Waals surface area contributed by atoms with Crippen molar-refractivity contribution >= 4 is 28.7 Å². The summed E-state index contributed by atoms with van der Waals surface area (Å²) in [5, 5.41) is 15.6. The Kier molecular flexibility index (Phi) is 8.47. The van der Waals surface area contributed by atoms with Gasteiger partial charge >= 0.3 is 5.97 Å². The van der Waals surface area contributed by atoms with Gasteiger partial charge in [-0.25, -0.2) is 4.98 Å². The van der Waals surface area contributed by atoms with E-state index in [1.807, 2.05) is 48.5 Å². The fourth-order valence-electron chi connectivity index (χ4n) is 3.85. The second-order valence-electron chi connectivity index (χ2n) is 9.15. The molecule has 1 amide bonds. The van der Waals surface area contributed by atoms with Gasteiger partial charge in [-0.05, 0) is 42.3 Å². The first kappa shape index (κ1) is 26.5. The van der Waals surface area contributed by atoms with Crippen molar-refractivity contribution in [3.8, 4) is 22.8 Å². The molecule has 4 aromatic rings. The van der Waals surface area contributed by atoms with E-state index < -0.39 is 5.97 Å². The summed E-state index contributed by atoms with van der Waals surface area (Å²) in [4.78, 5) is 27.1. The molecule has 1 unspecified atom stereocenters. The molecule has 198 valence electrons. The fraction of sp³-hybridized carbons (Fsp3) is 0.276. The van der Waals surface area contributed by atoms with Crippen molar-refractivity contribution in [2.45, 2.75) is 26.3 Å². The number of anilines is 1. The maximum Gasteiger partial charge on any atom is 0.305 e. The van der Waals surface area contributed by atoms with Crippen LogP contribution in [0.1, 0.15) is 30.6 Å². The van der Waals surface area contributed by atoms with E-state index in [0.717, 1.165) is 22.3 Å². The molecule has 2 heterocycles. The highest BCUT2D eigenvalue weighted by Crippen LogP contribution is 2.36. The topological polar surface area (TPSA) is 123 Å². The van der Waals surface area contributed by atoms with Gasteiger partial charge in [0.25, 0.3) is 5.91 Å². The van der Waals surface area contributed by atoms with E-state index in [4.69, 9.17) is 19.0 Å². The molecule has 4 rings (SSSR count). The number of nitrogens with one attached hydrogen (secondary N) is 2.